The molecule has 1 aromatic heterocycles. The number of thioether (sulfide) groups is 1. The number of aromatic amines is 1. The zero-order valence-electron chi connectivity index (χ0n) is 15.1. The largest absolute Gasteiger partial charge is 0.352 e. The molecule has 0 spiro atoms. The molecule has 2 aromatic rings. The number of aryl methyl sites for hydroxylation is 1. The number of rotatable bonds is 7. The van der Waals surface area contributed by atoms with Crippen molar-refractivity contribution in [1.29, 1.82) is 0 Å². The minimum atomic E-state index is -0.289. The van der Waals surface area contributed by atoms with E-state index in [9.17, 15) is 9.59 Å². The Hall–Kier alpha value is -2.02. The summed E-state index contributed by atoms with van der Waals surface area (Å²) in [6.45, 7) is 2.40. The highest BCUT2D eigenvalue weighted by atomic mass is 32.2. The molecule has 0 radical (unpaired) electrons. The third kappa shape index (κ3) is 5.00. The monoisotopic (exact) mass is 374 g/mol. The molecule has 0 saturated heterocycles. The van der Waals surface area contributed by atoms with E-state index in [1.165, 1.54) is 36.6 Å². The van der Waals surface area contributed by atoms with Gasteiger partial charge in [-0.25, -0.2) is 9.89 Å². The maximum absolute atomic E-state index is 12.5. The van der Waals surface area contributed by atoms with Gasteiger partial charge in [-0.1, -0.05) is 61.4 Å². The molecule has 3 rings (SSSR count). The second kappa shape index (κ2) is 9.07. The van der Waals surface area contributed by atoms with Gasteiger partial charge in [-0.15, -0.1) is 5.10 Å². The summed E-state index contributed by atoms with van der Waals surface area (Å²) in [6.07, 6.45) is 6.50. The van der Waals surface area contributed by atoms with Crippen molar-refractivity contribution in [3.05, 3.63) is 46.4 Å². The summed E-state index contributed by atoms with van der Waals surface area (Å²) < 4.78 is 1.61. The van der Waals surface area contributed by atoms with Crippen LogP contribution in [0.3, 0.4) is 0 Å². The molecule has 140 valence electrons. The van der Waals surface area contributed by atoms with Crippen molar-refractivity contribution in [1.82, 2.24) is 20.1 Å². The lowest BCUT2D eigenvalue weighted by atomic mass is 9.95. The van der Waals surface area contributed by atoms with Crippen LogP contribution in [-0.4, -0.2) is 32.0 Å². The van der Waals surface area contributed by atoms with E-state index in [1.807, 2.05) is 37.3 Å². The summed E-state index contributed by atoms with van der Waals surface area (Å²) in [5.41, 5.74) is 0.933. The van der Waals surface area contributed by atoms with E-state index in [0.717, 1.165) is 19.3 Å². The van der Waals surface area contributed by atoms with Gasteiger partial charge in [-0.05, 0) is 31.7 Å². The SMILES string of the molecule is C[C@H](Sc1n[nH]c(=O)n1CCc1ccccc1)C(=O)NC1CCCCC1. The number of nitrogens with zero attached hydrogens (tertiary/aromatic N) is 2. The van der Waals surface area contributed by atoms with E-state index < -0.39 is 0 Å². The molecule has 0 unspecified atom stereocenters. The standard InChI is InChI=1S/C19H26N4O2S/c1-14(17(24)20-16-10-6-3-7-11-16)26-19-22-21-18(25)23(19)13-12-15-8-4-2-5-9-15/h2,4-5,8-9,14,16H,3,6-7,10-13H2,1H3,(H,20,24)(H,21,25)/t14-/m0/s1. The number of hydrogen-bond acceptors (Lipinski definition) is 4. The Morgan fingerprint density at radius 1 is 1.31 bits per heavy atom. The molecule has 1 aliphatic carbocycles. The molecular weight excluding hydrogens is 348 g/mol. The van der Waals surface area contributed by atoms with Crippen LogP contribution in [-0.2, 0) is 17.8 Å². The minimum absolute atomic E-state index is 0.0203. The van der Waals surface area contributed by atoms with E-state index in [-0.39, 0.29) is 16.8 Å². The van der Waals surface area contributed by atoms with Crippen molar-refractivity contribution in [3.63, 3.8) is 0 Å². The van der Waals surface area contributed by atoms with E-state index in [1.54, 1.807) is 4.57 Å². The van der Waals surface area contributed by atoms with Crippen LogP contribution in [0.4, 0.5) is 0 Å². The van der Waals surface area contributed by atoms with Crippen molar-refractivity contribution in [3.8, 4) is 0 Å². The van der Waals surface area contributed by atoms with Crippen molar-refractivity contribution >= 4 is 17.7 Å². The molecule has 1 heterocycles. The van der Waals surface area contributed by atoms with Crippen LogP contribution in [0.25, 0.3) is 0 Å². The normalized spacial score (nSPS) is 16.3. The number of aromatic nitrogens is 3. The van der Waals surface area contributed by atoms with Crippen molar-refractivity contribution in [2.45, 2.75) is 68.4 Å². The minimum Gasteiger partial charge on any atom is -0.352 e. The number of carbonyl (C=O) groups is 1. The molecule has 7 heteroatoms. The molecule has 1 fully saturated rings. The zero-order valence-corrected chi connectivity index (χ0v) is 15.9. The third-order valence-electron chi connectivity index (χ3n) is 4.79. The molecule has 2 N–H and O–H groups in total. The molecular formula is C19H26N4O2S. The molecule has 26 heavy (non-hydrogen) atoms. The molecule has 0 aliphatic heterocycles. The summed E-state index contributed by atoms with van der Waals surface area (Å²) in [5, 5.41) is 10.0. The molecule has 1 saturated carbocycles. The first-order chi connectivity index (χ1) is 12.6. The Morgan fingerprint density at radius 2 is 2.04 bits per heavy atom. The van der Waals surface area contributed by atoms with Gasteiger partial charge in [-0.2, -0.15) is 0 Å². The number of hydrogen-bond donors (Lipinski definition) is 2. The van der Waals surface area contributed by atoms with E-state index in [0.29, 0.717) is 17.7 Å². The smallest absolute Gasteiger partial charge is 0.343 e. The lowest BCUT2D eigenvalue weighted by Crippen LogP contribution is -2.40. The maximum atomic E-state index is 12.5. The van der Waals surface area contributed by atoms with Gasteiger partial charge in [0.2, 0.25) is 5.91 Å². The molecule has 1 amide bonds. The Morgan fingerprint density at radius 3 is 2.77 bits per heavy atom. The Balaban J connectivity index is 1.58. The van der Waals surface area contributed by atoms with Gasteiger partial charge in [-0.3, -0.25) is 9.36 Å². The van der Waals surface area contributed by atoms with Crippen LogP contribution in [0.5, 0.6) is 0 Å². The van der Waals surface area contributed by atoms with Gasteiger partial charge < -0.3 is 5.32 Å². The average molecular weight is 375 g/mol. The number of benzene rings is 1. The fourth-order valence-electron chi connectivity index (χ4n) is 3.25. The third-order valence-corrected chi connectivity index (χ3v) is 5.88. The van der Waals surface area contributed by atoms with Crippen molar-refractivity contribution in [2.75, 3.05) is 0 Å². The number of amides is 1. The Bertz CT molecular complexity index is 765. The predicted molar refractivity (Wildman–Crippen MR) is 103 cm³/mol. The number of H-pyrrole nitrogens is 1. The van der Waals surface area contributed by atoms with Gasteiger partial charge in [0.1, 0.15) is 0 Å². The molecule has 0 bridgehead atoms. The highest BCUT2D eigenvalue weighted by molar-refractivity contribution is 8.00. The average Bonchev–Trinajstić information content (AvgIpc) is 3.01. The topological polar surface area (TPSA) is 79.8 Å². The second-order valence-electron chi connectivity index (χ2n) is 6.80. The van der Waals surface area contributed by atoms with Crippen molar-refractivity contribution < 1.29 is 4.79 Å². The quantitative estimate of drug-likeness (QED) is 0.731. The molecule has 1 aromatic carbocycles. The fourth-order valence-corrected chi connectivity index (χ4v) is 4.14. The summed E-state index contributed by atoms with van der Waals surface area (Å²) >= 11 is 1.33. The molecule has 1 atom stereocenters. The summed E-state index contributed by atoms with van der Waals surface area (Å²) in [5.74, 6) is 0.0203. The first-order valence-electron chi connectivity index (χ1n) is 9.29. The van der Waals surface area contributed by atoms with Crippen LogP contribution in [0, 0.1) is 0 Å². The van der Waals surface area contributed by atoms with E-state index >= 15 is 0 Å². The summed E-state index contributed by atoms with van der Waals surface area (Å²) in [4.78, 5) is 24.5. The zero-order chi connectivity index (χ0) is 18.4. The molecule has 6 nitrogen and oxygen atoms in total. The van der Waals surface area contributed by atoms with Crippen molar-refractivity contribution in [2.24, 2.45) is 0 Å². The van der Waals surface area contributed by atoms with Crippen LogP contribution >= 0.6 is 11.8 Å². The Labute approximate surface area is 157 Å². The second-order valence-corrected chi connectivity index (χ2v) is 8.11. The summed E-state index contributed by atoms with van der Waals surface area (Å²) in [7, 11) is 0. The lowest BCUT2D eigenvalue weighted by molar-refractivity contribution is -0.121. The Kier molecular flexibility index (Phi) is 6.55. The van der Waals surface area contributed by atoms with Crippen LogP contribution < -0.4 is 11.0 Å². The number of carbonyl (C=O) groups excluding carboxylic acids is 1. The highest BCUT2D eigenvalue weighted by Gasteiger charge is 2.22. The van der Waals surface area contributed by atoms with Gasteiger partial charge in [0.25, 0.3) is 0 Å². The first-order valence-corrected chi connectivity index (χ1v) is 10.2. The molecule has 1 aliphatic rings. The van der Waals surface area contributed by atoms with Crippen LogP contribution in [0.1, 0.15) is 44.6 Å². The maximum Gasteiger partial charge on any atom is 0.343 e. The van der Waals surface area contributed by atoms with E-state index in [4.69, 9.17) is 0 Å². The fraction of sp³-hybridized carbons (Fsp3) is 0.526. The first kappa shape index (κ1) is 18.8. The number of nitrogens with one attached hydrogen (secondary N) is 2. The van der Waals surface area contributed by atoms with Gasteiger partial charge >= 0.3 is 5.69 Å². The highest BCUT2D eigenvalue weighted by Crippen LogP contribution is 2.22. The van der Waals surface area contributed by atoms with Crippen LogP contribution in [0.15, 0.2) is 40.3 Å². The van der Waals surface area contributed by atoms with Gasteiger partial charge in [0.05, 0.1) is 5.25 Å². The van der Waals surface area contributed by atoms with Gasteiger partial charge in [0, 0.05) is 12.6 Å². The van der Waals surface area contributed by atoms with Gasteiger partial charge in [0.15, 0.2) is 5.16 Å². The van der Waals surface area contributed by atoms with E-state index in [2.05, 4.69) is 15.5 Å². The van der Waals surface area contributed by atoms with Crippen LogP contribution in [0.2, 0.25) is 0 Å². The lowest BCUT2D eigenvalue weighted by Gasteiger charge is -2.24. The summed E-state index contributed by atoms with van der Waals surface area (Å²) in [6, 6.07) is 10.3. The predicted octanol–water partition coefficient (Wildman–Crippen LogP) is 2.74.